The molecule has 0 aliphatic carbocycles. The summed E-state index contributed by atoms with van der Waals surface area (Å²) in [4.78, 5) is 36.7. The first kappa shape index (κ1) is 16.5. The second-order valence-electron chi connectivity index (χ2n) is 5.53. The summed E-state index contributed by atoms with van der Waals surface area (Å²) in [5.41, 5.74) is 1.56. The largest absolute Gasteiger partial charge is 0.478 e. The standard InChI is InChI=1S/C18H16N2O5/c21-16-8-9-20(18(24)25-11-12-4-2-1-3-5-12)15-7-6-13(17(22)23)10-14(15)19-16/h1-7,10H,8-9,11H2,(H,19,21)(H,22,23). The molecular weight excluding hydrogens is 324 g/mol. The Morgan fingerprint density at radius 2 is 1.92 bits per heavy atom. The van der Waals surface area contributed by atoms with Gasteiger partial charge in [-0.3, -0.25) is 9.69 Å². The van der Waals surface area contributed by atoms with Crippen molar-refractivity contribution in [3.05, 3.63) is 59.7 Å². The van der Waals surface area contributed by atoms with Gasteiger partial charge in [0.05, 0.1) is 16.9 Å². The SMILES string of the molecule is O=C1CCN(C(=O)OCc2ccccc2)c2ccc(C(=O)O)cc2N1. The molecule has 25 heavy (non-hydrogen) atoms. The fourth-order valence-corrected chi connectivity index (χ4v) is 2.54. The number of nitrogens with zero attached hydrogens (tertiary/aromatic N) is 1. The third-order valence-corrected chi connectivity index (χ3v) is 3.80. The van der Waals surface area contributed by atoms with Crippen molar-refractivity contribution in [2.45, 2.75) is 13.0 Å². The molecule has 2 aromatic carbocycles. The van der Waals surface area contributed by atoms with Gasteiger partial charge in [-0.2, -0.15) is 0 Å². The number of nitrogens with one attached hydrogen (secondary N) is 1. The minimum absolute atomic E-state index is 0.0264. The van der Waals surface area contributed by atoms with Gasteiger partial charge >= 0.3 is 12.1 Å². The first-order chi connectivity index (χ1) is 12.0. The normalized spacial score (nSPS) is 13.4. The number of fused-ring (bicyclic) bond motifs is 1. The van der Waals surface area contributed by atoms with Crippen LogP contribution in [0.1, 0.15) is 22.3 Å². The van der Waals surface area contributed by atoms with Crippen molar-refractivity contribution in [1.82, 2.24) is 0 Å². The van der Waals surface area contributed by atoms with Crippen LogP contribution < -0.4 is 10.2 Å². The third kappa shape index (κ3) is 3.77. The molecule has 0 fully saturated rings. The second-order valence-corrected chi connectivity index (χ2v) is 5.53. The van der Waals surface area contributed by atoms with Gasteiger partial charge in [0.25, 0.3) is 0 Å². The Bertz CT molecular complexity index is 819. The van der Waals surface area contributed by atoms with Crippen LogP contribution in [0, 0.1) is 0 Å². The number of hydrogen-bond donors (Lipinski definition) is 2. The maximum absolute atomic E-state index is 12.5. The molecule has 0 atom stereocenters. The number of ether oxygens (including phenoxy) is 1. The molecule has 0 spiro atoms. The van der Waals surface area contributed by atoms with E-state index in [9.17, 15) is 14.4 Å². The maximum Gasteiger partial charge on any atom is 0.414 e. The Hall–Kier alpha value is -3.35. The average molecular weight is 340 g/mol. The molecule has 0 bridgehead atoms. The second kappa shape index (κ2) is 7.04. The summed E-state index contributed by atoms with van der Waals surface area (Å²) in [6, 6.07) is 13.5. The lowest BCUT2D eigenvalue weighted by Crippen LogP contribution is -2.32. The van der Waals surface area contributed by atoms with Crippen molar-refractivity contribution in [2.75, 3.05) is 16.8 Å². The van der Waals surface area contributed by atoms with Crippen LogP contribution in [0.25, 0.3) is 0 Å². The fourth-order valence-electron chi connectivity index (χ4n) is 2.54. The lowest BCUT2D eigenvalue weighted by molar-refractivity contribution is -0.115. The lowest BCUT2D eigenvalue weighted by atomic mass is 10.1. The summed E-state index contributed by atoms with van der Waals surface area (Å²) in [6.07, 6.45) is -0.498. The summed E-state index contributed by atoms with van der Waals surface area (Å²) < 4.78 is 5.32. The molecule has 2 N–H and O–H groups in total. The molecule has 0 saturated carbocycles. The molecule has 3 rings (SSSR count). The van der Waals surface area contributed by atoms with Crippen LogP contribution in [-0.2, 0) is 16.1 Å². The van der Waals surface area contributed by atoms with Crippen molar-refractivity contribution in [3.8, 4) is 0 Å². The number of hydrogen-bond acceptors (Lipinski definition) is 4. The van der Waals surface area contributed by atoms with Gasteiger partial charge in [0.1, 0.15) is 6.61 Å². The predicted molar refractivity (Wildman–Crippen MR) is 90.6 cm³/mol. The van der Waals surface area contributed by atoms with E-state index >= 15 is 0 Å². The summed E-state index contributed by atoms with van der Waals surface area (Å²) in [6.45, 7) is 0.263. The first-order valence-corrected chi connectivity index (χ1v) is 7.70. The van der Waals surface area contributed by atoms with Gasteiger partial charge in [0.2, 0.25) is 5.91 Å². The Morgan fingerprint density at radius 1 is 1.16 bits per heavy atom. The van der Waals surface area contributed by atoms with Crippen molar-refractivity contribution in [2.24, 2.45) is 0 Å². The summed E-state index contributed by atoms with van der Waals surface area (Å²) in [5.74, 6) is -1.40. The van der Waals surface area contributed by atoms with E-state index in [4.69, 9.17) is 9.84 Å². The number of benzene rings is 2. The summed E-state index contributed by atoms with van der Waals surface area (Å²) >= 11 is 0. The number of carbonyl (C=O) groups is 3. The van der Waals surface area contributed by atoms with Gasteiger partial charge in [-0.1, -0.05) is 30.3 Å². The van der Waals surface area contributed by atoms with Crippen LogP contribution >= 0.6 is 0 Å². The molecule has 2 amide bonds. The maximum atomic E-state index is 12.5. The van der Waals surface area contributed by atoms with E-state index in [0.29, 0.717) is 5.69 Å². The highest BCUT2D eigenvalue weighted by molar-refractivity contribution is 6.03. The smallest absolute Gasteiger partial charge is 0.414 e. The lowest BCUT2D eigenvalue weighted by Gasteiger charge is -2.21. The van der Waals surface area contributed by atoms with E-state index in [1.165, 1.54) is 23.1 Å². The van der Waals surface area contributed by atoms with Gasteiger partial charge < -0.3 is 15.2 Å². The Labute approximate surface area is 143 Å². The van der Waals surface area contributed by atoms with Gasteiger partial charge in [-0.05, 0) is 23.8 Å². The number of anilines is 2. The zero-order valence-electron chi connectivity index (χ0n) is 13.3. The van der Waals surface area contributed by atoms with Crippen LogP contribution in [0.4, 0.5) is 16.2 Å². The summed E-state index contributed by atoms with van der Waals surface area (Å²) in [5, 5.41) is 11.7. The van der Waals surface area contributed by atoms with Gasteiger partial charge in [-0.25, -0.2) is 9.59 Å². The molecule has 2 aromatic rings. The predicted octanol–water partition coefficient (Wildman–Crippen LogP) is 2.87. The average Bonchev–Trinajstić information content (AvgIpc) is 2.78. The van der Waals surface area contributed by atoms with Crippen molar-refractivity contribution in [1.29, 1.82) is 0 Å². The van der Waals surface area contributed by atoms with Crippen molar-refractivity contribution < 1.29 is 24.2 Å². The molecular formula is C18H16N2O5. The van der Waals surface area contributed by atoms with Gasteiger partial charge in [0.15, 0.2) is 0 Å². The molecule has 128 valence electrons. The van der Waals surface area contributed by atoms with Gasteiger partial charge in [-0.15, -0.1) is 0 Å². The minimum Gasteiger partial charge on any atom is -0.478 e. The number of carboxylic acids is 1. The molecule has 0 aromatic heterocycles. The van der Waals surface area contributed by atoms with Crippen molar-refractivity contribution >= 4 is 29.3 Å². The minimum atomic E-state index is -1.11. The fraction of sp³-hybridized carbons (Fsp3) is 0.167. The molecule has 1 aliphatic heterocycles. The van der Waals surface area contributed by atoms with E-state index < -0.39 is 12.1 Å². The number of aromatic carboxylic acids is 1. The van der Waals surface area contributed by atoms with Crippen molar-refractivity contribution in [3.63, 3.8) is 0 Å². The van der Waals surface area contributed by atoms with Crippen LogP contribution in [0.3, 0.4) is 0 Å². The van der Waals surface area contributed by atoms with E-state index in [1.54, 1.807) is 0 Å². The molecule has 0 saturated heterocycles. The number of carboxylic acid groups (broad SMARTS) is 1. The quantitative estimate of drug-likeness (QED) is 0.896. The Balaban J connectivity index is 1.82. The first-order valence-electron chi connectivity index (χ1n) is 7.70. The van der Waals surface area contributed by atoms with Crippen LogP contribution in [-0.4, -0.2) is 29.6 Å². The molecule has 7 heteroatoms. The molecule has 1 aliphatic rings. The van der Waals surface area contributed by atoms with Crippen LogP contribution in [0.2, 0.25) is 0 Å². The topological polar surface area (TPSA) is 95.9 Å². The van der Waals surface area contributed by atoms with E-state index in [1.807, 2.05) is 30.3 Å². The Kier molecular flexibility index (Phi) is 4.65. The molecule has 1 heterocycles. The highest BCUT2D eigenvalue weighted by Crippen LogP contribution is 2.30. The highest BCUT2D eigenvalue weighted by Gasteiger charge is 2.26. The monoisotopic (exact) mass is 340 g/mol. The third-order valence-electron chi connectivity index (χ3n) is 3.80. The van der Waals surface area contributed by atoms with E-state index in [-0.39, 0.29) is 36.7 Å². The number of amides is 2. The van der Waals surface area contributed by atoms with Crippen LogP contribution in [0.15, 0.2) is 48.5 Å². The van der Waals surface area contributed by atoms with Gasteiger partial charge in [0, 0.05) is 13.0 Å². The molecule has 0 unspecified atom stereocenters. The summed E-state index contributed by atoms with van der Waals surface area (Å²) in [7, 11) is 0. The molecule has 7 nitrogen and oxygen atoms in total. The number of carbonyl (C=O) groups excluding carboxylic acids is 2. The Morgan fingerprint density at radius 3 is 2.64 bits per heavy atom. The zero-order valence-corrected chi connectivity index (χ0v) is 13.3. The highest BCUT2D eigenvalue weighted by atomic mass is 16.6. The number of rotatable bonds is 3. The van der Waals surface area contributed by atoms with E-state index in [0.717, 1.165) is 5.56 Å². The zero-order chi connectivity index (χ0) is 17.8. The van der Waals surface area contributed by atoms with E-state index in [2.05, 4.69) is 5.32 Å². The molecule has 0 radical (unpaired) electrons. The van der Waals surface area contributed by atoms with Crippen LogP contribution in [0.5, 0.6) is 0 Å².